The summed E-state index contributed by atoms with van der Waals surface area (Å²) in [5, 5.41) is 0.0588. The summed E-state index contributed by atoms with van der Waals surface area (Å²) in [5.74, 6) is -1.16. The Balaban J connectivity index is 1.74. The predicted molar refractivity (Wildman–Crippen MR) is 115 cm³/mol. The number of hydrogen-bond donors (Lipinski definition) is 0. The molecular formula is C22H24ClNO5S. The van der Waals surface area contributed by atoms with E-state index < -0.39 is 22.6 Å². The first-order valence-corrected chi connectivity index (χ1v) is 11.7. The predicted octanol–water partition coefficient (Wildman–Crippen LogP) is 3.90. The molecule has 0 bridgehead atoms. The molecule has 0 heterocycles. The zero-order valence-electron chi connectivity index (χ0n) is 17.0. The van der Waals surface area contributed by atoms with Crippen LogP contribution in [-0.4, -0.2) is 44.2 Å². The van der Waals surface area contributed by atoms with Crippen LogP contribution in [0.15, 0.2) is 41.3 Å². The van der Waals surface area contributed by atoms with E-state index in [1.165, 1.54) is 28.1 Å². The third kappa shape index (κ3) is 4.58. The number of benzene rings is 2. The normalized spacial score (nSPS) is 13.3. The van der Waals surface area contributed by atoms with Gasteiger partial charge in [0.1, 0.15) is 0 Å². The molecule has 0 unspecified atom stereocenters. The van der Waals surface area contributed by atoms with Crippen LogP contribution in [0.1, 0.15) is 52.1 Å². The highest BCUT2D eigenvalue weighted by molar-refractivity contribution is 7.89. The minimum atomic E-state index is -3.75. The third-order valence-electron chi connectivity index (χ3n) is 5.26. The van der Waals surface area contributed by atoms with Crippen LogP contribution < -0.4 is 0 Å². The lowest BCUT2D eigenvalue weighted by Crippen LogP contribution is -2.30. The number of hydrogen-bond acceptors (Lipinski definition) is 5. The van der Waals surface area contributed by atoms with Crippen LogP contribution >= 0.6 is 11.6 Å². The highest BCUT2D eigenvalue weighted by Gasteiger charge is 2.25. The molecule has 3 rings (SSSR count). The molecule has 0 radical (unpaired) electrons. The maximum atomic E-state index is 12.7. The molecule has 0 aromatic heterocycles. The van der Waals surface area contributed by atoms with E-state index >= 15 is 0 Å². The lowest BCUT2D eigenvalue weighted by atomic mass is 10.0. The average Bonchev–Trinajstić information content (AvgIpc) is 3.20. The molecule has 0 saturated heterocycles. The molecule has 0 fully saturated rings. The van der Waals surface area contributed by atoms with Gasteiger partial charge in [-0.05, 0) is 54.7 Å². The Labute approximate surface area is 181 Å². The summed E-state index contributed by atoms with van der Waals surface area (Å²) in [7, 11) is -3.75. The van der Waals surface area contributed by atoms with Crippen molar-refractivity contribution in [2.75, 3.05) is 19.7 Å². The quantitative estimate of drug-likeness (QED) is 0.451. The van der Waals surface area contributed by atoms with E-state index in [0.717, 1.165) is 24.8 Å². The van der Waals surface area contributed by atoms with Crippen LogP contribution in [0.25, 0.3) is 0 Å². The van der Waals surface area contributed by atoms with Gasteiger partial charge in [-0.1, -0.05) is 37.6 Å². The van der Waals surface area contributed by atoms with Gasteiger partial charge in [0.2, 0.25) is 10.0 Å². The van der Waals surface area contributed by atoms with Gasteiger partial charge < -0.3 is 4.74 Å². The van der Waals surface area contributed by atoms with Crippen molar-refractivity contribution >= 4 is 33.4 Å². The first-order valence-electron chi connectivity index (χ1n) is 9.89. The van der Waals surface area contributed by atoms with Gasteiger partial charge in [0, 0.05) is 18.7 Å². The molecule has 0 aliphatic heterocycles. The third-order valence-corrected chi connectivity index (χ3v) is 7.63. The Morgan fingerprint density at radius 1 is 1.03 bits per heavy atom. The number of nitrogens with zero attached hydrogens (tertiary/aromatic N) is 1. The van der Waals surface area contributed by atoms with E-state index in [4.69, 9.17) is 16.3 Å². The van der Waals surface area contributed by atoms with Gasteiger partial charge in [-0.15, -0.1) is 0 Å². The monoisotopic (exact) mass is 449 g/mol. The number of ether oxygens (including phenoxy) is 1. The standard InChI is InChI=1S/C22H24ClNO5S/c1-3-24(4-2)30(27,28)18-10-11-20(23)19(13-18)22(26)29-14-21(25)17-9-8-15-6-5-7-16(15)12-17/h8-13H,3-7,14H2,1-2H3. The van der Waals surface area contributed by atoms with Crippen LogP contribution in [0.4, 0.5) is 0 Å². The Morgan fingerprint density at radius 3 is 2.43 bits per heavy atom. The van der Waals surface area contributed by atoms with Crippen molar-refractivity contribution in [3.63, 3.8) is 0 Å². The number of Topliss-reactive ketones (excluding diaryl/α,β-unsaturated/α-hetero) is 1. The van der Waals surface area contributed by atoms with E-state index in [9.17, 15) is 18.0 Å². The second kappa shape index (κ2) is 9.29. The summed E-state index contributed by atoms with van der Waals surface area (Å²) in [6, 6.07) is 9.42. The fourth-order valence-electron chi connectivity index (χ4n) is 3.57. The Kier molecular flexibility index (Phi) is 6.95. The number of carbonyl (C=O) groups is 2. The van der Waals surface area contributed by atoms with Gasteiger partial charge in [-0.3, -0.25) is 4.79 Å². The van der Waals surface area contributed by atoms with Crippen LogP contribution in [-0.2, 0) is 27.6 Å². The lowest BCUT2D eigenvalue weighted by molar-refractivity contribution is 0.0474. The maximum Gasteiger partial charge on any atom is 0.340 e. The number of fused-ring (bicyclic) bond motifs is 1. The van der Waals surface area contributed by atoms with Gasteiger partial charge in [0.25, 0.3) is 0 Å². The molecule has 0 amide bonds. The van der Waals surface area contributed by atoms with Crippen molar-refractivity contribution in [3.05, 3.63) is 63.7 Å². The SMILES string of the molecule is CCN(CC)S(=O)(=O)c1ccc(Cl)c(C(=O)OCC(=O)c2ccc3c(c2)CCC3)c1. The van der Waals surface area contributed by atoms with Crippen LogP contribution in [0.3, 0.4) is 0 Å². The van der Waals surface area contributed by atoms with E-state index in [-0.39, 0.29) is 21.3 Å². The van der Waals surface area contributed by atoms with E-state index in [1.807, 2.05) is 12.1 Å². The minimum Gasteiger partial charge on any atom is -0.454 e. The molecule has 0 spiro atoms. The molecule has 30 heavy (non-hydrogen) atoms. The lowest BCUT2D eigenvalue weighted by Gasteiger charge is -2.19. The number of ketones is 1. The molecule has 0 N–H and O–H groups in total. The molecular weight excluding hydrogens is 426 g/mol. The molecule has 6 nitrogen and oxygen atoms in total. The van der Waals surface area contributed by atoms with Crippen molar-refractivity contribution in [2.24, 2.45) is 0 Å². The highest BCUT2D eigenvalue weighted by Crippen LogP contribution is 2.25. The van der Waals surface area contributed by atoms with E-state index in [1.54, 1.807) is 19.9 Å². The molecule has 8 heteroatoms. The second-order valence-corrected chi connectivity index (χ2v) is 9.41. The van der Waals surface area contributed by atoms with Crippen molar-refractivity contribution in [3.8, 4) is 0 Å². The Morgan fingerprint density at radius 2 is 1.73 bits per heavy atom. The van der Waals surface area contributed by atoms with E-state index in [0.29, 0.717) is 18.7 Å². The van der Waals surface area contributed by atoms with Crippen molar-refractivity contribution in [2.45, 2.75) is 38.0 Å². The fraction of sp³-hybridized carbons (Fsp3) is 0.364. The van der Waals surface area contributed by atoms with Crippen molar-refractivity contribution in [1.82, 2.24) is 4.31 Å². The summed E-state index contributed by atoms with van der Waals surface area (Å²) in [6.07, 6.45) is 3.04. The summed E-state index contributed by atoms with van der Waals surface area (Å²) >= 11 is 6.09. The van der Waals surface area contributed by atoms with Gasteiger partial charge in [-0.25, -0.2) is 13.2 Å². The smallest absolute Gasteiger partial charge is 0.340 e. The van der Waals surface area contributed by atoms with Gasteiger partial charge in [0.05, 0.1) is 15.5 Å². The summed E-state index contributed by atoms with van der Waals surface area (Å²) in [5.41, 5.74) is 2.81. The molecule has 1 aliphatic rings. The largest absolute Gasteiger partial charge is 0.454 e. The first kappa shape index (κ1) is 22.5. The van der Waals surface area contributed by atoms with Crippen LogP contribution in [0.5, 0.6) is 0 Å². The molecule has 0 atom stereocenters. The number of aryl methyl sites for hydroxylation is 2. The Bertz CT molecular complexity index is 1080. The first-order chi connectivity index (χ1) is 14.3. The van der Waals surface area contributed by atoms with Gasteiger partial charge in [0.15, 0.2) is 12.4 Å². The number of esters is 1. The maximum absolute atomic E-state index is 12.7. The summed E-state index contributed by atoms with van der Waals surface area (Å²) in [6.45, 7) is 3.63. The second-order valence-electron chi connectivity index (χ2n) is 7.07. The molecule has 2 aromatic rings. The number of sulfonamides is 1. The molecule has 2 aromatic carbocycles. The Hall–Kier alpha value is -2.22. The molecule has 1 aliphatic carbocycles. The number of halogens is 1. The molecule has 160 valence electrons. The fourth-order valence-corrected chi connectivity index (χ4v) is 5.25. The summed E-state index contributed by atoms with van der Waals surface area (Å²) in [4.78, 5) is 24.9. The molecule has 0 saturated carbocycles. The topological polar surface area (TPSA) is 80.8 Å². The van der Waals surface area contributed by atoms with Gasteiger partial charge >= 0.3 is 5.97 Å². The zero-order chi connectivity index (χ0) is 21.9. The number of carbonyl (C=O) groups excluding carboxylic acids is 2. The van der Waals surface area contributed by atoms with E-state index in [2.05, 4.69) is 0 Å². The zero-order valence-corrected chi connectivity index (χ0v) is 18.6. The highest BCUT2D eigenvalue weighted by atomic mass is 35.5. The minimum absolute atomic E-state index is 0.0486. The number of rotatable bonds is 8. The average molecular weight is 450 g/mol. The van der Waals surface area contributed by atoms with Crippen LogP contribution in [0.2, 0.25) is 5.02 Å². The van der Waals surface area contributed by atoms with Crippen molar-refractivity contribution in [1.29, 1.82) is 0 Å². The van der Waals surface area contributed by atoms with Crippen molar-refractivity contribution < 1.29 is 22.7 Å². The summed E-state index contributed by atoms with van der Waals surface area (Å²) < 4.78 is 31.8. The van der Waals surface area contributed by atoms with Crippen LogP contribution in [0, 0.1) is 0 Å². The van der Waals surface area contributed by atoms with Gasteiger partial charge in [-0.2, -0.15) is 4.31 Å².